The summed E-state index contributed by atoms with van der Waals surface area (Å²) in [7, 11) is 2.70. The SMILES string of the molecule is COC(=O)c1ccc(OCC(=O)Nc2cc(C)nn2-c2ccc(F)cc2)c(OC)c1. The van der Waals surface area contributed by atoms with Crippen LogP contribution in [0.15, 0.2) is 48.5 Å². The molecule has 0 atom stereocenters. The molecule has 8 nitrogen and oxygen atoms in total. The van der Waals surface area contributed by atoms with Crippen LogP contribution in [0.3, 0.4) is 0 Å². The third-order valence-corrected chi connectivity index (χ3v) is 4.11. The fourth-order valence-electron chi connectivity index (χ4n) is 2.72. The minimum absolute atomic E-state index is 0.290. The number of amides is 1. The molecule has 3 aromatic rings. The van der Waals surface area contributed by atoms with Gasteiger partial charge in [-0.1, -0.05) is 0 Å². The molecule has 1 amide bonds. The van der Waals surface area contributed by atoms with Gasteiger partial charge in [0.15, 0.2) is 18.1 Å². The molecular formula is C21H20FN3O5. The van der Waals surface area contributed by atoms with Crippen molar-refractivity contribution < 1.29 is 28.2 Å². The lowest BCUT2D eigenvalue weighted by molar-refractivity contribution is -0.118. The van der Waals surface area contributed by atoms with Gasteiger partial charge in [-0.05, 0) is 49.4 Å². The second-order valence-corrected chi connectivity index (χ2v) is 6.25. The van der Waals surface area contributed by atoms with Gasteiger partial charge in [-0.25, -0.2) is 13.9 Å². The molecule has 0 aliphatic rings. The number of rotatable bonds is 7. The van der Waals surface area contributed by atoms with E-state index < -0.39 is 11.9 Å². The van der Waals surface area contributed by atoms with Crippen LogP contribution in [-0.2, 0) is 9.53 Å². The maximum Gasteiger partial charge on any atom is 0.337 e. The smallest absolute Gasteiger partial charge is 0.337 e. The number of benzene rings is 2. The molecule has 0 saturated carbocycles. The van der Waals surface area contributed by atoms with Gasteiger partial charge < -0.3 is 19.5 Å². The van der Waals surface area contributed by atoms with Gasteiger partial charge in [-0.15, -0.1) is 0 Å². The second kappa shape index (κ2) is 9.08. The van der Waals surface area contributed by atoms with Gasteiger partial charge in [0, 0.05) is 6.07 Å². The zero-order chi connectivity index (χ0) is 21.7. The molecule has 156 valence electrons. The van der Waals surface area contributed by atoms with Crippen molar-refractivity contribution in [3.63, 3.8) is 0 Å². The van der Waals surface area contributed by atoms with E-state index in [4.69, 9.17) is 9.47 Å². The number of anilines is 1. The summed E-state index contributed by atoms with van der Waals surface area (Å²) in [4.78, 5) is 24.0. The number of ether oxygens (including phenoxy) is 3. The molecule has 1 N–H and O–H groups in total. The third-order valence-electron chi connectivity index (χ3n) is 4.11. The van der Waals surface area contributed by atoms with Crippen LogP contribution in [-0.4, -0.2) is 42.5 Å². The highest BCUT2D eigenvalue weighted by molar-refractivity contribution is 5.92. The molecule has 0 radical (unpaired) electrons. The second-order valence-electron chi connectivity index (χ2n) is 6.25. The summed E-state index contributed by atoms with van der Waals surface area (Å²) in [6, 6.07) is 11.9. The van der Waals surface area contributed by atoms with E-state index in [0.29, 0.717) is 28.5 Å². The normalized spacial score (nSPS) is 10.4. The van der Waals surface area contributed by atoms with Crippen molar-refractivity contribution in [3.05, 3.63) is 65.6 Å². The Labute approximate surface area is 172 Å². The van der Waals surface area contributed by atoms with Crippen LogP contribution in [0.2, 0.25) is 0 Å². The van der Waals surface area contributed by atoms with Crippen LogP contribution in [0.4, 0.5) is 10.2 Å². The number of aromatic nitrogens is 2. The molecule has 1 aromatic heterocycles. The minimum Gasteiger partial charge on any atom is -0.493 e. The summed E-state index contributed by atoms with van der Waals surface area (Å²) in [5.41, 5.74) is 1.57. The first-order chi connectivity index (χ1) is 14.4. The Hall–Kier alpha value is -3.88. The van der Waals surface area contributed by atoms with Gasteiger partial charge >= 0.3 is 5.97 Å². The van der Waals surface area contributed by atoms with Crippen LogP contribution < -0.4 is 14.8 Å². The number of esters is 1. The van der Waals surface area contributed by atoms with E-state index in [2.05, 4.69) is 15.2 Å². The molecule has 0 aliphatic carbocycles. The molecule has 0 fully saturated rings. The molecule has 2 aromatic carbocycles. The molecule has 0 bridgehead atoms. The van der Waals surface area contributed by atoms with Crippen molar-refractivity contribution in [2.45, 2.75) is 6.92 Å². The van der Waals surface area contributed by atoms with Crippen LogP contribution in [0.5, 0.6) is 11.5 Å². The number of methoxy groups -OCH3 is 2. The molecular weight excluding hydrogens is 393 g/mol. The summed E-state index contributed by atoms with van der Waals surface area (Å²) in [5, 5.41) is 7.04. The Kier molecular flexibility index (Phi) is 6.31. The lowest BCUT2D eigenvalue weighted by Gasteiger charge is -2.12. The topological polar surface area (TPSA) is 91.7 Å². The van der Waals surface area contributed by atoms with E-state index in [1.807, 2.05) is 0 Å². The zero-order valence-electron chi connectivity index (χ0n) is 16.6. The zero-order valence-corrected chi connectivity index (χ0v) is 16.6. The van der Waals surface area contributed by atoms with E-state index in [-0.39, 0.29) is 18.2 Å². The van der Waals surface area contributed by atoms with Crippen molar-refractivity contribution in [2.75, 3.05) is 26.1 Å². The average Bonchev–Trinajstić information content (AvgIpc) is 3.11. The number of aryl methyl sites for hydroxylation is 1. The third kappa shape index (κ3) is 4.75. The van der Waals surface area contributed by atoms with Gasteiger partial charge in [0.2, 0.25) is 0 Å². The van der Waals surface area contributed by atoms with Crippen LogP contribution >= 0.6 is 0 Å². The lowest BCUT2D eigenvalue weighted by atomic mass is 10.2. The largest absolute Gasteiger partial charge is 0.493 e. The fourth-order valence-corrected chi connectivity index (χ4v) is 2.72. The molecule has 0 spiro atoms. The van der Waals surface area contributed by atoms with E-state index in [1.165, 1.54) is 49.2 Å². The quantitative estimate of drug-likeness (QED) is 0.599. The minimum atomic E-state index is -0.512. The summed E-state index contributed by atoms with van der Waals surface area (Å²) < 4.78 is 30.1. The Bertz CT molecular complexity index is 1060. The Morgan fingerprint density at radius 2 is 1.80 bits per heavy atom. The van der Waals surface area contributed by atoms with Crippen molar-refractivity contribution in [1.29, 1.82) is 0 Å². The summed E-state index contributed by atoms with van der Waals surface area (Å²) in [6.07, 6.45) is 0. The predicted molar refractivity (Wildman–Crippen MR) is 107 cm³/mol. The average molecular weight is 413 g/mol. The molecule has 30 heavy (non-hydrogen) atoms. The fraction of sp³-hybridized carbons (Fsp3) is 0.190. The van der Waals surface area contributed by atoms with E-state index in [1.54, 1.807) is 25.1 Å². The first kappa shape index (κ1) is 20.8. The van der Waals surface area contributed by atoms with Gasteiger partial charge in [0.1, 0.15) is 11.6 Å². The van der Waals surface area contributed by atoms with Crippen molar-refractivity contribution in [1.82, 2.24) is 9.78 Å². The van der Waals surface area contributed by atoms with E-state index >= 15 is 0 Å². The standard InChI is InChI=1S/C21H20FN3O5/c1-13-10-19(25(24-13)16-7-5-15(22)6-8-16)23-20(26)12-30-17-9-4-14(21(27)29-3)11-18(17)28-2/h4-11H,12H2,1-3H3,(H,23,26). The number of nitrogens with one attached hydrogen (secondary N) is 1. The van der Waals surface area contributed by atoms with Crippen LogP contribution in [0.1, 0.15) is 16.1 Å². The first-order valence-electron chi connectivity index (χ1n) is 8.93. The number of carbonyl (C=O) groups is 2. The van der Waals surface area contributed by atoms with Crippen molar-refractivity contribution >= 4 is 17.7 Å². The highest BCUT2D eigenvalue weighted by atomic mass is 19.1. The van der Waals surface area contributed by atoms with Gasteiger partial charge in [-0.3, -0.25) is 4.79 Å². The van der Waals surface area contributed by atoms with Crippen LogP contribution in [0.25, 0.3) is 5.69 Å². The van der Waals surface area contributed by atoms with E-state index in [0.717, 1.165) is 0 Å². The van der Waals surface area contributed by atoms with Gasteiger partial charge in [-0.2, -0.15) is 5.10 Å². The predicted octanol–water partition coefficient (Wildman–Crippen LogP) is 3.13. The molecule has 9 heteroatoms. The lowest BCUT2D eigenvalue weighted by Crippen LogP contribution is -2.22. The number of hydrogen-bond acceptors (Lipinski definition) is 6. The van der Waals surface area contributed by atoms with Gasteiger partial charge in [0.05, 0.1) is 31.2 Å². The van der Waals surface area contributed by atoms with Crippen LogP contribution in [0, 0.1) is 12.7 Å². The van der Waals surface area contributed by atoms with Gasteiger partial charge in [0.25, 0.3) is 5.91 Å². The number of nitrogens with zero attached hydrogens (tertiary/aromatic N) is 2. The Morgan fingerprint density at radius 1 is 1.07 bits per heavy atom. The number of hydrogen-bond donors (Lipinski definition) is 1. The first-order valence-corrected chi connectivity index (χ1v) is 8.93. The molecule has 0 saturated heterocycles. The molecule has 3 rings (SSSR count). The van der Waals surface area contributed by atoms with Crippen molar-refractivity contribution in [2.24, 2.45) is 0 Å². The Balaban J connectivity index is 1.70. The molecule has 0 aliphatic heterocycles. The monoisotopic (exact) mass is 413 g/mol. The maximum atomic E-state index is 13.2. The highest BCUT2D eigenvalue weighted by Crippen LogP contribution is 2.28. The number of halogens is 1. The van der Waals surface area contributed by atoms with Crippen molar-refractivity contribution in [3.8, 4) is 17.2 Å². The maximum absolute atomic E-state index is 13.2. The molecule has 0 unspecified atom stereocenters. The number of carbonyl (C=O) groups excluding carboxylic acids is 2. The summed E-state index contributed by atoms with van der Waals surface area (Å²) in [5.74, 6) is -0.310. The summed E-state index contributed by atoms with van der Waals surface area (Å²) >= 11 is 0. The highest BCUT2D eigenvalue weighted by Gasteiger charge is 2.15. The Morgan fingerprint density at radius 3 is 2.47 bits per heavy atom. The molecule has 1 heterocycles. The summed E-state index contributed by atoms with van der Waals surface area (Å²) in [6.45, 7) is 1.47. The van der Waals surface area contributed by atoms with E-state index in [9.17, 15) is 14.0 Å².